The summed E-state index contributed by atoms with van der Waals surface area (Å²) in [5.74, 6) is -1.71. The number of nitriles is 1. The number of furan rings is 1. The van der Waals surface area contributed by atoms with Crippen LogP contribution >= 0.6 is 23.2 Å². The SMILES string of the molecule is N#Cc1nn(-c2c(Cl)cc(C(F)(F)F)cc2Cl)c(N)c1-c1coc(C(F)(F)F)c1. The Balaban J connectivity index is 2.20. The summed E-state index contributed by atoms with van der Waals surface area (Å²) in [5.41, 5.74) is 3.65. The second kappa shape index (κ2) is 6.89. The van der Waals surface area contributed by atoms with Crippen LogP contribution in [0.25, 0.3) is 16.8 Å². The van der Waals surface area contributed by atoms with Crippen LogP contribution in [0, 0.1) is 11.3 Å². The highest BCUT2D eigenvalue weighted by Crippen LogP contribution is 2.41. The Hall–Kier alpha value is -2.84. The molecular formula is C16H6Cl2F6N4O. The number of rotatable bonds is 2. The topological polar surface area (TPSA) is 80.8 Å². The first kappa shape index (κ1) is 20.9. The van der Waals surface area contributed by atoms with Crippen LogP contribution in [0.15, 0.2) is 28.9 Å². The standard InChI is InChI=1S/C16H6Cl2F6N4O/c17-8-2-7(15(19,20)21)3-9(18)13(8)28-14(26)12(10(4-25)27-28)6-1-11(29-5-6)16(22,23)24/h1-3,5H,26H2. The Morgan fingerprint density at radius 2 is 1.62 bits per heavy atom. The highest BCUT2D eigenvalue weighted by Gasteiger charge is 2.36. The fourth-order valence-corrected chi connectivity index (χ4v) is 3.16. The van der Waals surface area contributed by atoms with Crippen LogP contribution in [0.1, 0.15) is 17.0 Å². The van der Waals surface area contributed by atoms with Gasteiger partial charge in [-0.05, 0) is 18.2 Å². The van der Waals surface area contributed by atoms with Crippen molar-refractivity contribution in [2.24, 2.45) is 0 Å². The molecule has 0 aliphatic heterocycles. The lowest BCUT2D eigenvalue weighted by Crippen LogP contribution is -2.08. The van der Waals surface area contributed by atoms with Crippen molar-refractivity contribution >= 4 is 29.0 Å². The quantitative estimate of drug-likeness (QED) is 0.486. The highest BCUT2D eigenvalue weighted by atomic mass is 35.5. The van der Waals surface area contributed by atoms with E-state index in [2.05, 4.69) is 9.52 Å². The number of anilines is 1. The summed E-state index contributed by atoms with van der Waals surface area (Å²) >= 11 is 11.8. The first-order valence-electron chi connectivity index (χ1n) is 7.36. The maximum Gasteiger partial charge on any atom is 0.449 e. The summed E-state index contributed by atoms with van der Waals surface area (Å²) in [6, 6.07) is 3.41. The highest BCUT2D eigenvalue weighted by molar-refractivity contribution is 6.38. The molecule has 2 heterocycles. The van der Waals surface area contributed by atoms with E-state index in [0.717, 1.165) is 10.9 Å². The van der Waals surface area contributed by atoms with Crippen LogP contribution in [0.5, 0.6) is 0 Å². The van der Waals surface area contributed by atoms with Gasteiger partial charge in [0.25, 0.3) is 0 Å². The molecule has 152 valence electrons. The smallest absolute Gasteiger partial charge is 0.449 e. The monoisotopic (exact) mass is 454 g/mol. The Bertz CT molecular complexity index is 1120. The predicted octanol–water partition coefficient (Wildman–Crippen LogP) is 5.93. The van der Waals surface area contributed by atoms with Crippen molar-refractivity contribution in [2.75, 3.05) is 5.73 Å². The van der Waals surface area contributed by atoms with Gasteiger partial charge in [0.1, 0.15) is 17.6 Å². The fraction of sp³-hybridized carbons (Fsp3) is 0.125. The van der Waals surface area contributed by atoms with Gasteiger partial charge < -0.3 is 10.2 Å². The molecule has 3 rings (SSSR count). The molecule has 0 saturated heterocycles. The number of nitrogen functional groups attached to an aromatic ring is 1. The zero-order valence-corrected chi connectivity index (χ0v) is 15.2. The van der Waals surface area contributed by atoms with Crippen LogP contribution in [0.3, 0.4) is 0 Å². The van der Waals surface area contributed by atoms with Crippen LogP contribution in [-0.4, -0.2) is 9.78 Å². The van der Waals surface area contributed by atoms with Crippen molar-refractivity contribution < 1.29 is 30.8 Å². The number of alkyl halides is 6. The summed E-state index contributed by atoms with van der Waals surface area (Å²) in [4.78, 5) is 0. The minimum atomic E-state index is -4.78. The Morgan fingerprint density at radius 1 is 1.03 bits per heavy atom. The van der Waals surface area contributed by atoms with Gasteiger partial charge >= 0.3 is 12.4 Å². The first-order valence-corrected chi connectivity index (χ1v) is 8.11. The number of benzene rings is 1. The first-order chi connectivity index (χ1) is 13.3. The number of nitrogens with zero attached hydrogens (tertiary/aromatic N) is 3. The van der Waals surface area contributed by atoms with Gasteiger partial charge in [-0.1, -0.05) is 23.2 Å². The van der Waals surface area contributed by atoms with E-state index in [-0.39, 0.29) is 22.6 Å². The number of nitrogens with two attached hydrogens (primary N) is 1. The molecule has 0 bridgehead atoms. The van der Waals surface area contributed by atoms with Gasteiger partial charge in [0, 0.05) is 5.56 Å². The summed E-state index contributed by atoms with van der Waals surface area (Å²) in [5, 5.41) is 12.1. The molecule has 0 fully saturated rings. The minimum Gasteiger partial charge on any atom is -0.459 e. The number of aromatic nitrogens is 2. The van der Waals surface area contributed by atoms with Crippen LogP contribution in [0.2, 0.25) is 10.0 Å². The van der Waals surface area contributed by atoms with E-state index in [1.54, 1.807) is 6.07 Å². The normalized spacial score (nSPS) is 12.2. The molecule has 1 aromatic carbocycles. The molecule has 0 radical (unpaired) electrons. The second-order valence-corrected chi connectivity index (χ2v) is 6.43. The molecule has 2 aromatic heterocycles. The molecule has 0 aliphatic carbocycles. The number of hydrogen-bond donors (Lipinski definition) is 1. The second-order valence-electron chi connectivity index (χ2n) is 5.62. The van der Waals surface area contributed by atoms with E-state index in [0.29, 0.717) is 18.2 Å². The summed E-state index contributed by atoms with van der Waals surface area (Å²) in [6.07, 6.45) is -8.79. The van der Waals surface area contributed by atoms with Crippen LogP contribution < -0.4 is 5.73 Å². The van der Waals surface area contributed by atoms with Gasteiger partial charge in [-0.15, -0.1) is 0 Å². The average Bonchev–Trinajstić information content (AvgIpc) is 3.18. The maximum absolute atomic E-state index is 12.9. The number of hydrogen-bond acceptors (Lipinski definition) is 4. The lowest BCUT2D eigenvalue weighted by Gasteiger charge is -2.13. The van der Waals surface area contributed by atoms with Gasteiger partial charge in [-0.3, -0.25) is 0 Å². The van der Waals surface area contributed by atoms with Crippen LogP contribution in [0.4, 0.5) is 32.2 Å². The predicted molar refractivity (Wildman–Crippen MR) is 90.4 cm³/mol. The lowest BCUT2D eigenvalue weighted by molar-refractivity contribution is -0.153. The molecule has 3 aromatic rings. The van der Waals surface area contributed by atoms with E-state index in [1.807, 2.05) is 0 Å². The third kappa shape index (κ3) is 3.73. The van der Waals surface area contributed by atoms with Gasteiger partial charge in [-0.25, -0.2) is 4.68 Å². The van der Waals surface area contributed by atoms with Gasteiger partial charge in [0.05, 0.1) is 27.4 Å². The van der Waals surface area contributed by atoms with Gasteiger partial charge in [0.15, 0.2) is 5.69 Å². The van der Waals surface area contributed by atoms with Crippen molar-refractivity contribution in [1.82, 2.24) is 9.78 Å². The summed E-state index contributed by atoms with van der Waals surface area (Å²) in [7, 11) is 0. The van der Waals surface area contributed by atoms with E-state index >= 15 is 0 Å². The van der Waals surface area contributed by atoms with E-state index in [1.165, 1.54) is 0 Å². The Labute approximate surface area is 167 Å². The molecule has 0 saturated carbocycles. The van der Waals surface area contributed by atoms with E-state index in [9.17, 15) is 31.6 Å². The van der Waals surface area contributed by atoms with Crippen molar-refractivity contribution in [3.05, 3.63) is 51.5 Å². The van der Waals surface area contributed by atoms with Crippen molar-refractivity contribution in [3.8, 4) is 22.9 Å². The molecule has 29 heavy (non-hydrogen) atoms. The molecule has 0 unspecified atom stereocenters. The summed E-state index contributed by atoms with van der Waals surface area (Å²) < 4.78 is 82.2. The molecular weight excluding hydrogens is 449 g/mol. The largest absolute Gasteiger partial charge is 0.459 e. The van der Waals surface area contributed by atoms with Gasteiger partial charge in [0.2, 0.25) is 5.76 Å². The number of halogens is 8. The van der Waals surface area contributed by atoms with E-state index < -0.39 is 39.4 Å². The fourth-order valence-electron chi connectivity index (χ4n) is 2.51. The Morgan fingerprint density at radius 3 is 2.07 bits per heavy atom. The average molecular weight is 455 g/mol. The molecule has 0 spiro atoms. The lowest BCUT2D eigenvalue weighted by atomic mass is 10.1. The molecule has 0 atom stereocenters. The van der Waals surface area contributed by atoms with Crippen molar-refractivity contribution in [1.29, 1.82) is 5.26 Å². The van der Waals surface area contributed by atoms with E-state index in [4.69, 9.17) is 28.9 Å². The molecule has 2 N–H and O–H groups in total. The molecule has 0 amide bonds. The summed E-state index contributed by atoms with van der Waals surface area (Å²) in [6.45, 7) is 0. The molecule has 5 nitrogen and oxygen atoms in total. The maximum atomic E-state index is 12.9. The third-order valence-electron chi connectivity index (χ3n) is 3.75. The third-order valence-corrected chi connectivity index (χ3v) is 4.33. The zero-order chi connectivity index (χ0) is 21.7. The van der Waals surface area contributed by atoms with Crippen molar-refractivity contribution in [3.63, 3.8) is 0 Å². The zero-order valence-electron chi connectivity index (χ0n) is 13.7. The Kier molecular flexibility index (Phi) is 4.96. The van der Waals surface area contributed by atoms with Gasteiger partial charge in [-0.2, -0.15) is 36.7 Å². The van der Waals surface area contributed by atoms with Crippen molar-refractivity contribution in [2.45, 2.75) is 12.4 Å². The minimum absolute atomic E-state index is 0.211. The van der Waals surface area contributed by atoms with Crippen LogP contribution in [-0.2, 0) is 12.4 Å². The molecule has 13 heteroatoms. The molecule has 0 aliphatic rings.